The molecule has 4 fully saturated rings. The van der Waals surface area contributed by atoms with Crippen molar-refractivity contribution in [1.82, 2.24) is 4.90 Å². The summed E-state index contributed by atoms with van der Waals surface area (Å²) >= 11 is 0. The Morgan fingerprint density at radius 1 is 1.00 bits per heavy atom. The topological polar surface area (TPSA) is 90.7 Å². The fourth-order valence-electron chi connectivity index (χ4n) is 8.04. The molecule has 0 aromatic heterocycles. The monoisotopic (exact) mass is 589 g/mol. The van der Waals surface area contributed by atoms with Crippen molar-refractivity contribution in [3.05, 3.63) is 59.7 Å². The molecule has 4 aliphatic rings. The number of hydrogen-bond acceptors (Lipinski definition) is 7. The van der Waals surface area contributed by atoms with E-state index in [-0.39, 0.29) is 29.2 Å². The maximum atomic E-state index is 12.5. The average molecular weight is 590 g/mol. The lowest BCUT2D eigenvalue weighted by molar-refractivity contribution is -0.149. The number of hydrogen-bond donors (Lipinski definition) is 0. The van der Waals surface area contributed by atoms with E-state index in [9.17, 15) is 18.5 Å². The smallest absolute Gasteiger partial charge is 0.302 e. The Kier molecular flexibility index (Phi) is 8.10. The summed E-state index contributed by atoms with van der Waals surface area (Å²) in [5.74, 6) is 0.544. The minimum Gasteiger partial charge on any atom is -0.462 e. The van der Waals surface area contributed by atoms with Crippen LogP contribution in [0.5, 0.6) is 0 Å². The number of benzene rings is 2. The lowest BCUT2D eigenvalue weighted by atomic mass is 9.58. The summed E-state index contributed by atoms with van der Waals surface area (Å²) in [4.78, 5) is 17.3. The molecule has 0 radical (unpaired) electrons. The fourth-order valence-corrected chi connectivity index (χ4v) is 9.70. The Hall–Kier alpha value is -2.89. The number of carbonyl (C=O) groups excluding carboxylic acids is 1. The van der Waals surface area contributed by atoms with Crippen molar-refractivity contribution >= 4 is 21.5 Å². The minimum atomic E-state index is -3.15. The molecule has 2 saturated heterocycles. The molecule has 3 atom stereocenters. The minimum absolute atomic E-state index is 0.00916. The van der Waals surface area contributed by atoms with Gasteiger partial charge in [0.15, 0.2) is 9.84 Å². The highest BCUT2D eigenvalue weighted by Gasteiger charge is 2.53. The molecule has 1 unspecified atom stereocenters. The number of carbonyl (C=O) groups is 1. The summed E-state index contributed by atoms with van der Waals surface area (Å²) in [6.45, 7) is 8.52. The van der Waals surface area contributed by atoms with Crippen molar-refractivity contribution in [3.63, 3.8) is 0 Å². The predicted molar refractivity (Wildman–Crippen MR) is 163 cm³/mol. The fraction of sp³-hybridized carbons (Fsp3) is 0.588. The molecular weight excluding hydrogens is 546 g/mol. The van der Waals surface area contributed by atoms with Crippen molar-refractivity contribution in [1.29, 1.82) is 5.26 Å². The lowest BCUT2D eigenvalue weighted by Gasteiger charge is -2.48. The van der Waals surface area contributed by atoms with E-state index < -0.39 is 15.3 Å². The molecule has 2 aliphatic heterocycles. The van der Waals surface area contributed by atoms with Gasteiger partial charge in [-0.1, -0.05) is 24.3 Å². The van der Waals surface area contributed by atoms with E-state index in [4.69, 9.17) is 4.74 Å². The van der Waals surface area contributed by atoms with Gasteiger partial charge >= 0.3 is 5.97 Å². The van der Waals surface area contributed by atoms with Gasteiger partial charge < -0.3 is 14.5 Å². The van der Waals surface area contributed by atoms with Gasteiger partial charge in [0, 0.05) is 44.1 Å². The molecule has 8 heteroatoms. The van der Waals surface area contributed by atoms with Crippen LogP contribution in [0.25, 0.3) is 0 Å². The summed E-state index contributed by atoms with van der Waals surface area (Å²) in [7, 11) is -3.15. The Morgan fingerprint density at radius 3 is 2.31 bits per heavy atom. The van der Waals surface area contributed by atoms with Gasteiger partial charge in [0.2, 0.25) is 0 Å². The molecule has 2 saturated carbocycles. The summed E-state index contributed by atoms with van der Waals surface area (Å²) in [5.41, 5.74) is 2.68. The molecule has 0 amide bonds. The van der Waals surface area contributed by atoms with Gasteiger partial charge in [-0.25, -0.2) is 8.42 Å². The van der Waals surface area contributed by atoms with Gasteiger partial charge in [0.1, 0.15) is 6.10 Å². The first-order chi connectivity index (χ1) is 20.2. The van der Waals surface area contributed by atoms with Gasteiger partial charge in [-0.3, -0.25) is 4.79 Å². The van der Waals surface area contributed by atoms with Crippen molar-refractivity contribution < 1.29 is 17.9 Å². The number of likely N-dealkylation sites (tertiary alicyclic amines) is 1. The SMILES string of the molecule is CC(=O)O[C@@H]1CCC[C@H]1C(C#N)(c1ccccc1C)C1CCN(CC2CN(c3ccc(S(=O)(=O)C4CC4)cc3)C2)CC1. The molecule has 6 rings (SSSR count). The second kappa shape index (κ2) is 11.7. The zero-order chi connectivity index (χ0) is 29.5. The zero-order valence-electron chi connectivity index (χ0n) is 24.9. The number of aryl methyl sites for hydroxylation is 1. The van der Waals surface area contributed by atoms with E-state index in [1.165, 1.54) is 6.92 Å². The van der Waals surface area contributed by atoms with Crippen LogP contribution in [-0.2, 0) is 24.8 Å². The molecule has 2 aliphatic carbocycles. The maximum absolute atomic E-state index is 12.5. The highest BCUT2D eigenvalue weighted by molar-refractivity contribution is 7.92. The molecular formula is C34H43N3O4S. The number of anilines is 1. The molecule has 2 heterocycles. The first-order valence-corrected chi connectivity index (χ1v) is 17.2. The quantitative estimate of drug-likeness (QED) is 0.368. The number of rotatable bonds is 9. The van der Waals surface area contributed by atoms with Crippen LogP contribution < -0.4 is 4.90 Å². The third kappa shape index (κ3) is 5.46. The van der Waals surface area contributed by atoms with Gasteiger partial charge in [0.25, 0.3) is 0 Å². The molecule has 0 bridgehead atoms. The van der Waals surface area contributed by atoms with Crippen LogP contribution in [-0.4, -0.2) is 63.4 Å². The van der Waals surface area contributed by atoms with Gasteiger partial charge in [0.05, 0.1) is 21.6 Å². The highest BCUT2D eigenvalue weighted by atomic mass is 32.2. The van der Waals surface area contributed by atoms with Crippen molar-refractivity contribution in [2.24, 2.45) is 17.8 Å². The Labute approximate surface area is 250 Å². The van der Waals surface area contributed by atoms with Crippen molar-refractivity contribution in [2.75, 3.05) is 37.6 Å². The third-order valence-electron chi connectivity index (χ3n) is 10.3. The van der Waals surface area contributed by atoms with Crippen molar-refractivity contribution in [2.45, 2.75) is 80.5 Å². The van der Waals surface area contributed by atoms with E-state index in [0.717, 1.165) is 94.5 Å². The maximum Gasteiger partial charge on any atom is 0.302 e. The Bertz CT molecular complexity index is 1430. The van der Waals surface area contributed by atoms with E-state index in [2.05, 4.69) is 34.9 Å². The lowest BCUT2D eigenvalue weighted by Crippen LogP contribution is -2.54. The van der Waals surface area contributed by atoms with Gasteiger partial charge in [-0.2, -0.15) is 5.26 Å². The third-order valence-corrected chi connectivity index (χ3v) is 12.6. The van der Waals surface area contributed by atoms with Crippen LogP contribution in [0.2, 0.25) is 0 Å². The molecule has 224 valence electrons. The van der Waals surface area contributed by atoms with Crippen LogP contribution in [0, 0.1) is 36.0 Å². The summed E-state index contributed by atoms with van der Waals surface area (Å²) < 4.78 is 30.8. The Balaban J connectivity index is 1.09. The molecule has 2 aromatic rings. The average Bonchev–Trinajstić information content (AvgIpc) is 3.74. The van der Waals surface area contributed by atoms with E-state index >= 15 is 0 Å². The number of ether oxygens (including phenoxy) is 1. The van der Waals surface area contributed by atoms with Crippen LogP contribution in [0.4, 0.5) is 5.69 Å². The van der Waals surface area contributed by atoms with Gasteiger partial charge in [-0.15, -0.1) is 0 Å². The number of sulfone groups is 1. The normalized spacial score (nSPS) is 25.4. The number of piperidine rings is 1. The largest absolute Gasteiger partial charge is 0.462 e. The first-order valence-electron chi connectivity index (χ1n) is 15.7. The molecule has 0 N–H and O–H groups in total. The predicted octanol–water partition coefficient (Wildman–Crippen LogP) is 5.27. The van der Waals surface area contributed by atoms with E-state index in [1.54, 1.807) is 12.1 Å². The molecule has 42 heavy (non-hydrogen) atoms. The van der Waals surface area contributed by atoms with Crippen LogP contribution >= 0.6 is 0 Å². The van der Waals surface area contributed by atoms with Crippen molar-refractivity contribution in [3.8, 4) is 6.07 Å². The second-order valence-corrected chi connectivity index (χ2v) is 15.3. The molecule has 7 nitrogen and oxygen atoms in total. The summed E-state index contributed by atoms with van der Waals surface area (Å²) in [5, 5.41) is 10.8. The van der Waals surface area contributed by atoms with Crippen LogP contribution in [0.3, 0.4) is 0 Å². The zero-order valence-corrected chi connectivity index (χ0v) is 25.7. The van der Waals surface area contributed by atoms with Crippen LogP contribution in [0.1, 0.15) is 63.0 Å². The summed E-state index contributed by atoms with van der Waals surface area (Å²) in [6.07, 6.45) is 6.00. The van der Waals surface area contributed by atoms with E-state index in [0.29, 0.717) is 10.8 Å². The number of nitriles is 1. The standard InChI is InChI=1S/C34H43N3O4S/c1-24-6-3-4-7-31(24)34(23-35,32-8-5-9-33(32)41-25(2)38)27-16-18-36(19-17-27)20-26-21-37(22-26)28-10-12-29(13-11-28)42(39,40)30-14-15-30/h3-4,6-7,10-13,26-27,30,32-33H,5,8-9,14-22H2,1-2H3/t32-,33-,34?/m1/s1. The highest BCUT2D eigenvalue weighted by Crippen LogP contribution is 2.51. The van der Waals surface area contributed by atoms with Crippen LogP contribution in [0.15, 0.2) is 53.4 Å². The number of esters is 1. The Morgan fingerprint density at radius 2 is 1.69 bits per heavy atom. The summed E-state index contributed by atoms with van der Waals surface area (Å²) in [6, 6.07) is 18.6. The second-order valence-electron chi connectivity index (χ2n) is 13.1. The number of nitrogens with zero attached hydrogens (tertiary/aromatic N) is 3. The molecule has 2 aromatic carbocycles. The van der Waals surface area contributed by atoms with E-state index in [1.807, 2.05) is 24.3 Å². The molecule has 0 spiro atoms. The van der Waals surface area contributed by atoms with Gasteiger partial charge in [-0.05, 0) is 106 Å². The first kappa shape index (κ1) is 29.2.